The smallest absolute Gasteiger partial charge is 0.326 e. The lowest BCUT2D eigenvalue weighted by molar-refractivity contribution is -0.139. The predicted molar refractivity (Wildman–Crippen MR) is 136 cm³/mol. The van der Waals surface area contributed by atoms with E-state index in [9.17, 15) is 14.0 Å². The molecule has 0 unspecified atom stereocenters. The number of aliphatic hydroxyl groups excluding tert-OH is 2. The summed E-state index contributed by atoms with van der Waals surface area (Å²) in [6.45, 7) is 2.84. The van der Waals surface area contributed by atoms with Gasteiger partial charge in [-0.3, -0.25) is 4.79 Å². The van der Waals surface area contributed by atoms with Crippen molar-refractivity contribution >= 4 is 40.8 Å². The van der Waals surface area contributed by atoms with E-state index in [1.807, 2.05) is 12.1 Å². The molecule has 7 N–H and O–H groups in total. The number of rotatable bonds is 8. The van der Waals surface area contributed by atoms with Gasteiger partial charge in [-0.1, -0.05) is 23.2 Å². The van der Waals surface area contributed by atoms with E-state index in [1.54, 1.807) is 19.9 Å². The highest BCUT2D eigenvalue weighted by molar-refractivity contribution is 6.33. The number of nitriles is 2. The van der Waals surface area contributed by atoms with E-state index >= 15 is 0 Å². The van der Waals surface area contributed by atoms with Crippen LogP contribution in [-0.4, -0.2) is 57.7 Å². The number of aliphatic hydroxyl groups is 2. The molecule has 0 fully saturated rings. The highest BCUT2D eigenvalue weighted by Crippen LogP contribution is 2.27. The number of carbonyl (C=O) groups is 2. The maximum absolute atomic E-state index is 12.7. The van der Waals surface area contributed by atoms with Crippen LogP contribution < -0.4 is 11.1 Å². The van der Waals surface area contributed by atoms with Gasteiger partial charge in [-0.15, -0.1) is 0 Å². The van der Waals surface area contributed by atoms with E-state index in [0.717, 1.165) is 0 Å². The molecule has 0 spiro atoms. The number of carboxylic acids is 2. The Hall–Kier alpha value is -3.45. The minimum atomic E-state index is -1.07. The van der Waals surface area contributed by atoms with Crippen LogP contribution in [0.25, 0.3) is 0 Å². The van der Waals surface area contributed by atoms with E-state index in [2.05, 4.69) is 5.32 Å². The molecule has 10 nitrogen and oxygen atoms in total. The zero-order valence-electron chi connectivity index (χ0n) is 20.0. The van der Waals surface area contributed by atoms with Crippen molar-refractivity contribution in [2.45, 2.75) is 38.8 Å². The number of benzene rings is 2. The highest BCUT2D eigenvalue weighted by Gasteiger charge is 2.18. The Morgan fingerprint density at radius 1 is 0.946 bits per heavy atom. The van der Waals surface area contributed by atoms with Crippen molar-refractivity contribution in [2.24, 2.45) is 5.73 Å². The summed E-state index contributed by atoms with van der Waals surface area (Å²) in [5.41, 5.74) is 7.10. The van der Waals surface area contributed by atoms with E-state index in [4.69, 9.17) is 59.9 Å². The number of nitrogens with two attached hydrogens (primary N) is 1. The normalized spacial score (nSPS) is 11.3. The lowest BCUT2D eigenvalue weighted by atomic mass is 10.1. The molecule has 37 heavy (non-hydrogen) atoms. The fourth-order valence-electron chi connectivity index (χ4n) is 2.51. The average molecular weight is 557 g/mol. The van der Waals surface area contributed by atoms with Crippen molar-refractivity contribution in [1.82, 2.24) is 0 Å². The van der Waals surface area contributed by atoms with Gasteiger partial charge in [-0.05, 0) is 50.1 Å². The Labute approximate surface area is 223 Å². The summed E-state index contributed by atoms with van der Waals surface area (Å²) in [6.07, 6.45) is 0.210. The number of nitrogens with zero attached hydrogens (tertiary/aromatic N) is 2. The Kier molecular flexibility index (Phi) is 15.5. The maximum Gasteiger partial charge on any atom is 0.326 e. The molecule has 0 aliphatic heterocycles. The molecule has 200 valence electrons. The van der Waals surface area contributed by atoms with Crippen molar-refractivity contribution < 1.29 is 34.4 Å². The lowest BCUT2D eigenvalue weighted by Crippen LogP contribution is -2.30. The summed E-state index contributed by atoms with van der Waals surface area (Å²) >= 11 is 11.6. The minimum Gasteiger partial charge on any atom is -0.480 e. The number of carboxylic acid groups (broad SMARTS) is 2. The van der Waals surface area contributed by atoms with Gasteiger partial charge in [0, 0.05) is 30.9 Å². The fraction of sp³-hybridized carbons (Fsp3) is 0.333. The van der Waals surface area contributed by atoms with Crippen molar-refractivity contribution in [1.29, 1.82) is 10.5 Å². The number of hydrogen-bond acceptors (Lipinski definition) is 8. The third kappa shape index (κ3) is 11.0. The molecule has 0 radical (unpaired) electrons. The molecule has 0 aromatic heterocycles. The molecule has 2 rings (SSSR count). The van der Waals surface area contributed by atoms with E-state index in [-0.39, 0.29) is 36.9 Å². The number of anilines is 1. The molecule has 2 aromatic carbocycles. The fourth-order valence-corrected chi connectivity index (χ4v) is 2.91. The van der Waals surface area contributed by atoms with Gasteiger partial charge < -0.3 is 31.5 Å². The standard InChI is InChI=1S/C12H13ClN2O3.C8H5ClFN.C4H9NO3/c1-7-9(3-2-8(6-14)11(7)13)15-10(4-5-16)12(17)18;1-5-7(10)3-2-6(4-11)8(5)9;5-3(1-2-6)4(7)8/h2-3,10,15-16H,4-5H2,1H3,(H,17,18);2-3H,1H3;3,6H,1-2,5H2,(H,7,8)/t10-;;3-/m1.1/s1. The van der Waals surface area contributed by atoms with Gasteiger partial charge in [0.05, 0.1) is 21.2 Å². The average Bonchev–Trinajstić information content (AvgIpc) is 2.86. The monoisotopic (exact) mass is 556 g/mol. The summed E-state index contributed by atoms with van der Waals surface area (Å²) in [5, 5.41) is 54.6. The van der Waals surface area contributed by atoms with Crippen LogP contribution in [0.15, 0.2) is 24.3 Å². The minimum absolute atomic E-state index is 0.0897. The first-order valence-electron chi connectivity index (χ1n) is 10.6. The number of halogens is 3. The summed E-state index contributed by atoms with van der Waals surface area (Å²) in [7, 11) is 0. The van der Waals surface area contributed by atoms with Crippen molar-refractivity contribution in [2.75, 3.05) is 18.5 Å². The van der Waals surface area contributed by atoms with E-state index in [0.29, 0.717) is 33.0 Å². The van der Waals surface area contributed by atoms with E-state index in [1.165, 1.54) is 18.2 Å². The molecule has 2 aromatic rings. The van der Waals surface area contributed by atoms with Crippen LogP contribution in [0.1, 0.15) is 35.1 Å². The summed E-state index contributed by atoms with van der Waals surface area (Å²) in [5.74, 6) is -2.50. The number of nitrogens with one attached hydrogen (secondary N) is 1. The molecule has 0 bridgehead atoms. The summed E-state index contributed by atoms with van der Waals surface area (Å²) in [6, 6.07) is 7.73. The first kappa shape index (κ1) is 33.5. The SMILES string of the molecule is Cc1c(F)ccc(C#N)c1Cl.Cc1c(N[C@H](CCO)C(=O)O)ccc(C#N)c1Cl.N[C@H](CCO)C(=O)O. The molecule has 0 amide bonds. The quantitative estimate of drug-likeness (QED) is 0.280. The number of aliphatic carboxylic acids is 2. The molecule has 13 heteroatoms. The van der Waals surface area contributed by atoms with Crippen LogP contribution in [0.3, 0.4) is 0 Å². The molecule has 0 aliphatic carbocycles. The van der Waals surface area contributed by atoms with Crippen molar-refractivity contribution in [3.05, 3.63) is 62.4 Å². The molecule has 0 saturated carbocycles. The zero-order valence-corrected chi connectivity index (χ0v) is 21.5. The van der Waals surface area contributed by atoms with Gasteiger partial charge in [0.25, 0.3) is 0 Å². The molecule has 0 saturated heterocycles. The predicted octanol–water partition coefficient (Wildman–Crippen LogP) is 3.21. The van der Waals surface area contributed by atoms with Crippen LogP contribution in [-0.2, 0) is 9.59 Å². The molecule has 0 heterocycles. The van der Waals surface area contributed by atoms with Crippen LogP contribution in [0.5, 0.6) is 0 Å². The topological polar surface area (TPSA) is 201 Å². The van der Waals surface area contributed by atoms with Gasteiger partial charge in [0.1, 0.15) is 30.0 Å². The van der Waals surface area contributed by atoms with Gasteiger partial charge in [0.15, 0.2) is 0 Å². The summed E-state index contributed by atoms with van der Waals surface area (Å²) in [4.78, 5) is 20.8. The van der Waals surface area contributed by atoms with Crippen LogP contribution in [0, 0.1) is 42.3 Å². The second-order valence-electron chi connectivity index (χ2n) is 7.36. The van der Waals surface area contributed by atoms with Crippen LogP contribution in [0.2, 0.25) is 10.0 Å². The van der Waals surface area contributed by atoms with Crippen LogP contribution >= 0.6 is 23.2 Å². The molecular weight excluding hydrogens is 530 g/mol. The lowest BCUT2D eigenvalue weighted by Gasteiger charge is -2.17. The Balaban J connectivity index is 0.000000580. The Bertz CT molecular complexity index is 1170. The number of hydrogen-bond donors (Lipinski definition) is 6. The van der Waals surface area contributed by atoms with Gasteiger partial charge in [0.2, 0.25) is 0 Å². The van der Waals surface area contributed by atoms with Crippen LogP contribution in [0.4, 0.5) is 10.1 Å². The molecule has 2 atom stereocenters. The van der Waals surface area contributed by atoms with Gasteiger partial charge in [-0.25, -0.2) is 9.18 Å². The largest absolute Gasteiger partial charge is 0.480 e. The second-order valence-corrected chi connectivity index (χ2v) is 8.12. The third-order valence-electron chi connectivity index (χ3n) is 4.75. The molecular formula is C24H27Cl2FN4O6. The molecule has 0 aliphatic rings. The van der Waals surface area contributed by atoms with Gasteiger partial charge >= 0.3 is 11.9 Å². The zero-order chi connectivity index (χ0) is 28.7. The van der Waals surface area contributed by atoms with Gasteiger partial charge in [-0.2, -0.15) is 10.5 Å². The summed E-state index contributed by atoms with van der Waals surface area (Å²) < 4.78 is 12.7. The Morgan fingerprint density at radius 3 is 1.84 bits per heavy atom. The first-order valence-corrected chi connectivity index (χ1v) is 11.3. The highest BCUT2D eigenvalue weighted by atomic mass is 35.5. The van der Waals surface area contributed by atoms with Crippen molar-refractivity contribution in [3.8, 4) is 12.1 Å². The maximum atomic E-state index is 12.7. The third-order valence-corrected chi connectivity index (χ3v) is 5.72. The van der Waals surface area contributed by atoms with Crippen molar-refractivity contribution in [3.63, 3.8) is 0 Å². The first-order chi connectivity index (χ1) is 17.4. The van der Waals surface area contributed by atoms with E-state index < -0.39 is 24.0 Å². The second kappa shape index (κ2) is 17.1. The Morgan fingerprint density at radius 2 is 1.43 bits per heavy atom.